The van der Waals surface area contributed by atoms with Gasteiger partial charge in [-0.15, -0.1) is 12.4 Å². The van der Waals surface area contributed by atoms with Gasteiger partial charge < -0.3 is 15.2 Å². The van der Waals surface area contributed by atoms with Crippen LogP contribution in [0.2, 0.25) is 0 Å². The fourth-order valence-corrected chi connectivity index (χ4v) is 0.424. The summed E-state index contributed by atoms with van der Waals surface area (Å²) in [6.45, 7) is 7.80. The summed E-state index contributed by atoms with van der Waals surface area (Å²) >= 11 is 0. The lowest BCUT2D eigenvalue weighted by molar-refractivity contribution is -0.141. The minimum absolute atomic E-state index is 0. The van der Waals surface area contributed by atoms with E-state index in [2.05, 4.69) is 4.74 Å². The normalized spacial score (nSPS) is 7.69. The summed E-state index contributed by atoms with van der Waals surface area (Å²) in [5, 5.41) is 0. The van der Waals surface area contributed by atoms with Crippen molar-refractivity contribution in [1.82, 2.24) is 0 Å². The first-order chi connectivity index (χ1) is 5.72. The van der Waals surface area contributed by atoms with Crippen molar-refractivity contribution in [2.45, 2.75) is 20.8 Å². The summed E-state index contributed by atoms with van der Waals surface area (Å²) in [6, 6.07) is 0. The van der Waals surface area contributed by atoms with Crippen molar-refractivity contribution in [2.75, 3.05) is 26.4 Å². The molecule has 0 aromatic carbocycles. The van der Waals surface area contributed by atoms with Gasteiger partial charge in [-0.3, -0.25) is 4.79 Å². The zero-order valence-electron chi connectivity index (χ0n) is 8.54. The SMILES string of the molecule is CCOC(=O)CN.CCOCC.Cl. The van der Waals surface area contributed by atoms with Gasteiger partial charge in [0.2, 0.25) is 0 Å². The van der Waals surface area contributed by atoms with Gasteiger partial charge >= 0.3 is 5.97 Å². The summed E-state index contributed by atoms with van der Waals surface area (Å²) in [4.78, 5) is 10.1. The van der Waals surface area contributed by atoms with Gasteiger partial charge in [-0.2, -0.15) is 0 Å². The average Bonchev–Trinajstić information content (AvgIpc) is 2.07. The third-order valence-electron chi connectivity index (χ3n) is 0.880. The van der Waals surface area contributed by atoms with E-state index in [-0.39, 0.29) is 24.9 Å². The molecule has 5 heteroatoms. The number of hydrogen-bond donors (Lipinski definition) is 1. The van der Waals surface area contributed by atoms with Gasteiger partial charge in [0, 0.05) is 13.2 Å². The van der Waals surface area contributed by atoms with Crippen molar-refractivity contribution in [3.05, 3.63) is 0 Å². The topological polar surface area (TPSA) is 61.5 Å². The highest BCUT2D eigenvalue weighted by Gasteiger charge is 1.91. The van der Waals surface area contributed by atoms with Crippen LogP contribution in [0.4, 0.5) is 0 Å². The molecule has 0 heterocycles. The minimum Gasteiger partial charge on any atom is -0.465 e. The van der Waals surface area contributed by atoms with Crippen LogP contribution in [0.5, 0.6) is 0 Å². The van der Waals surface area contributed by atoms with Crippen molar-refractivity contribution in [2.24, 2.45) is 5.73 Å². The van der Waals surface area contributed by atoms with Crippen molar-refractivity contribution in [1.29, 1.82) is 0 Å². The second kappa shape index (κ2) is 17.7. The highest BCUT2D eigenvalue weighted by molar-refractivity contribution is 5.85. The Morgan fingerprint density at radius 2 is 1.62 bits per heavy atom. The quantitative estimate of drug-likeness (QED) is 0.707. The first-order valence-corrected chi connectivity index (χ1v) is 4.16. The number of ether oxygens (including phenoxy) is 2. The van der Waals surface area contributed by atoms with Crippen LogP contribution in [0.3, 0.4) is 0 Å². The summed E-state index contributed by atoms with van der Waals surface area (Å²) < 4.78 is 9.26. The predicted octanol–water partition coefficient (Wildman–Crippen LogP) is 0.973. The van der Waals surface area contributed by atoms with E-state index in [1.807, 2.05) is 13.8 Å². The first-order valence-electron chi connectivity index (χ1n) is 4.16. The number of hydrogen-bond acceptors (Lipinski definition) is 4. The number of nitrogens with two attached hydrogens (primary N) is 1. The molecule has 0 unspecified atom stereocenters. The smallest absolute Gasteiger partial charge is 0.319 e. The standard InChI is InChI=1S/C4H9NO2.C4H10O.ClH/c1-2-7-4(6)3-5;1-3-5-4-2;/h2-3,5H2,1H3;3-4H2,1-2H3;1H. The molecule has 82 valence electrons. The van der Waals surface area contributed by atoms with E-state index < -0.39 is 0 Å². The lowest BCUT2D eigenvalue weighted by Crippen LogP contribution is -2.16. The molecule has 0 aromatic rings. The lowest BCUT2D eigenvalue weighted by atomic mass is 10.7. The molecule has 0 radical (unpaired) electrons. The van der Waals surface area contributed by atoms with Gasteiger partial charge in [0.1, 0.15) is 0 Å². The number of carbonyl (C=O) groups excluding carboxylic acids is 1. The van der Waals surface area contributed by atoms with Crippen molar-refractivity contribution >= 4 is 18.4 Å². The van der Waals surface area contributed by atoms with Crippen molar-refractivity contribution < 1.29 is 14.3 Å². The van der Waals surface area contributed by atoms with Crippen molar-refractivity contribution in [3.8, 4) is 0 Å². The first kappa shape index (κ1) is 18.5. The number of rotatable bonds is 4. The molecular formula is C8H20ClNO3. The molecule has 0 aliphatic carbocycles. The third-order valence-corrected chi connectivity index (χ3v) is 0.880. The highest BCUT2D eigenvalue weighted by atomic mass is 35.5. The monoisotopic (exact) mass is 213 g/mol. The summed E-state index contributed by atoms with van der Waals surface area (Å²) in [6.07, 6.45) is 0. The Morgan fingerprint density at radius 1 is 1.15 bits per heavy atom. The van der Waals surface area contributed by atoms with Crippen LogP contribution < -0.4 is 5.73 Å². The minimum atomic E-state index is -0.345. The number of halogens is 1. The molecular weight excluding hydrogens is 194 g/mol. The van der Waals surface area contributed by atoms with Crippen LogP contribution >= 0.6 is 12.4 Å². The van der Waals surface area contributed by atoms with Gasteiger partial charge in [0.15, 0.2) is 0 Å². The molecule has 0 saturated heterocycles. The van der Waals surface area contributed by atoms with E-state index in [0.29, 0.717) is 6.61 Å². The van der Waals surface area contributed by atoms with E-state index in [0.717, 1.165) is 13.2 Å². The maximum atomic E-state index is 10.1. The molecule has 0 amide bonds. The van der Waals surface area contributed by atoms with Crippen LogP contribution in [-0.2, 0) is 14.3 Å². The molecule has 13 heavy (non-hydrogen) atoms. The van der Waals surface area contributed by atoms with Gasteiger partial charge in [0.25, 0.3) is 0 Å². The van der Waals surface area contributed by atoms with Crippen LogP contribution in [-0.4, -0.2) is 32.3 Å². The molecule has 0 saturated carbocycles. The number of carbonyl (C=O) groups is 1. The maximum Gasteiger partial charge on any atom is 0.319 e. The maximum absolute atomic E-state index is 10.1. The Morgan fingerprint density at radius 3 is 1.69 bits per heavy atom. The van der Waals surface area contributed by atoms with Gasteiger partial charge in [-0.05, 0) is 20.8 Å². The van der Waals surface area contributed by atoms with E-state index in [1.165, 1.54) is 0 Å². The van der Waals surface area contributed by atoms with Gasteiger partial charge in [-0.25, -0.2) is 0 Å². The van der Waals surface area contributed by atoms with Gasteiger partial charge in [0.05, 0.1) is 13.2 Å². The van der Waals surface area contributed by atoms with Crippen LogP contribution in [0.25, 0.3) is 0 Å². The largest absolute Gasteiger partial charge is 0.465 e. The zero-order chi connectivity index (χ0) is 9.82. The fraction of sp³-hybridized carbons (Fsp3) is 0.875. The Balaban J connectivity index is -0.000000150. The average molecular weight is 214 g/mol. The Bertz CT molecular complexity index is 99.4. The molecule has 0 atom stereocenters. The predicted molar refractivity (Wildman–Crippen MR) is 55.1 cm³/mol. The zero-order valence-corrected chi connectivity index (χ0v) is 9.36. The fourth-order valence-electron chi connectivity index (χ4n) is 0.424. The number of esters is 1. The highest BCUT2D eigenvalue weighted by Crippen LogP contribution is 1.69. The van der Waals surface area contributed by atoms with Gasteiger partial charge in [-0.1, -0.05) is 0 Å². The Kier molecular flexibility index (Phi) is 25.1. The molecule has 0 fully saturated rings. The Labute approximate surface area is 86.2 Å². The molecule has 4 nitrogen and oxygen atoms in total. The molecule has 0 aliphatic rings. The summed E-state index contributed by atoms with van der Waals surface area (Å²) in [5.41, 5.74) is 4.88. The molecule has 0 spiro atoms. The summed E-state index contributed by atoms with van der Waals surface area (Å²) in [7, 11) is 0. The second-order valence-electron chi connectivity index (χ2n) is 1.79. The Hall–Kier alpha value is -0.320. The molecule has 0 aromatic heterocycles. The molecule has 0 bridgehead atoms. The van der Waals surface area contributed by atoms with Crippen LogP contribution in [0.15, 0.2) is 0 Å². The lowest BCUT2D eigenvalue weighted by Gasteiger charge is -1.93. The van der Waals surface area contributed by atoms with Crippen molar-refractivity contribution in [3.63, 3.8) is 0 Å². The molecule has 2 N–H and O–H groups in total. The van der Waals surface area contributed by atoms with E-state index in [4.69, 9.17) is 10.5 Å². The second-order valence-corrected chi connectivity index (χ2v) is 1.79. The van der Waals surface area contributed by atoms with Crippen LogP contribution in [0.1, 0.15) is 20.8 Å². The van der Waals surface area contributed by atoms with Crippen LogP contribution in [0, 0.1) is 0 Å². The van der Waals surface area contributed by atoms with E-state index in [1.54, 1.807) is 6.92 Å². The molecule has 0 aliphatic heterocycles. The summed E-state index contributed by atoms with van der Waals surface area (Å²) in [5.74, 6) is -0.345. The van der Waals surface area contributed by atoms with E-state index in [9.17, 15) is 4.79 Å². The van der Waals surface area contributed by atoms with E-state index >= 15 is 0 Å². The molecule has 0 rings (SSSR count). The third kappa shape index (κ3) is 24.5.